The Bertz CT molecular complexity index is 464. The van der Waals surface area contributed by atoms with Crippen molar-refractivity contribution in [1.29, 1.82) is 0 Å². The van der Waals surface area contributed by atoms with E-state index in [1.54, 1.807) is 11.3 Å². The molecule has 2 N–H and O–H groups in total. The van der Waals surface area contributed by atoms with Crippen LogP contribution < -0.4 is 5.73 Å². The molecule has 0 amide bonds. The van der Waals surface area contributed by atoms with Crippen molar-refractivity contribution in [3.8, 4) is 0 Å². The Morgan fingerprint density at radius 1 is 1.50 bits per heavy atom. The van der Waals surface area contributed by atoms with Crippen molar-refractivity contribution in [2.24, 2.45) is 5.73 Å². The van der Waals surface area contributed by atoms with E-state index in [4.69, 9.17) is 5.73 Å². The van der Waals surface area contributed by atoms with Gasteiger partial charge in [0.05, 0.1) is 3.79 Å². The van der Waals surface area contributed by atoms with Gasteiger partial charge in [-0.05, 0) is 65.8 Å². The Morgan fingerprint density at radius 3 is 3.05 bits per heavy atom. The molecular weight excluding hydrogens is 334 g/mol. The first-order valence-electron chi connectivity index (χ1n) is 7.54. The molecule has 3 heterocycles. The summed E-state index contributed by atoms with van der Waals surface area (Å²) in [7, 11) is 2.26. The van der Waals surface area contributed by atoms with Crippen LogP contribution >= 0.6 is 27.3 Å². The van der Waals surface area contributed by atoms with Gasteiger partial charge in [0.2, 0.25) is 0 Å². The van der Waals surface area contributed by atoms with Crippen LogP contribution in [0.2, 0.25) is 0 Å². The Morgan fingerprint density at radius 2 is 2.35 bits per heavy atom. The molecule has 2 saturated heterocycles. The molecule has 0 aliphatic carbocycles. The van der Waals surface area contributed by atoms with Gasteiger partial charge in [-0.1, -0.05) is 6.42 Å². The maximum Gasteiger partial charge on any atom is 0.0701 e. The monoisotopic (exact) mass is 357 g/mol. The Balaban J connectivity index is 1.77. The first kappa shape index (κ1) is 15.0. The molecule has 112 valence electrons. The molecule has 0 radical (unpaired) electrons. The highest BCUT2D eigenvalue weighted by Gasteiger charge is 2.49. The van der Waals surface area contributed by atoms with E-state index in [0.29, 0.717) is 6.04 Å². The zero-order chi connectivity index (χ0) is 14.2. The van der Waals surface area contributed by atoms with Crippen LogP contribution in [0.15, 0.2) is 15.2 Å². The number of likely N-dealkylation sites (N-methyl/N-ethyl adjacent to an activating group) is 1. The predicted molar refractivity (Wildman–Crippen MR) is 89.1 cm³/mol. The molecule has 2 atom stereocenters. The van der Waals surface area contributed by atoms with Gasteiger partial charge in [-0.3, -0.25) is 9.80 Å². The normalized spacial score (nSPS) is 30.9. The molecule has 3 nitrogen and oxygen atoms in total. The third-order valence-electron chi connectivity index (χ3n) is 5.22. The minimum Gasteiger partial charge on any atom is -0.329 e. The molecule has 1 aromatic rings. The molecule has 3 rings (SSSR count). The largest absolute Gasteiger partial charge is 0.329 e. The van der Waals surface area contributed by atoms with Crippen LogP contribution in [0.25, 0.3) is 0 Å². The van der Waals surface area contributed by atoms with Crippen LogP contribution in [0.3, 0.4) is 0 Å². The summed E-state index contributed by atoms with van der Waals surface area (Å²) in [6.07, 6.45) is 5.25. The predicted octanol–water partition coefficient (Wildman–Crippen LogP) is 2.90. The molecule has 5 heteroatoms. The van der Waals surface area contributed by atoms with Gasteiger partial charge in [-0.15, -0.1) is 11.3 Å². The Kier molecular flexibility index (Phi) is 4.53. The minimum absolute atomic E-state index is 0.175. The van der Waals surface area contributed by atoms with Crippen molar-refractivity contribution in [2.45, 2.75) is 43.8 Å². The Hall–Kier alpha value is 0.0600. The summed E-state index contributed by atoms with van der Waals surface area (Å²) in [5.74, 6) is 0. The molecule has 1 aromatic heterocycles. The maximum atomic E-state index is 6.26. The SMILES string of the molecule is CN(Cc1csc(Br)c1)C1(CN)CCN2CCCCC21. The van der Waals surface area contributed by atoms with Gasteiger partial charge in [-0.25, -0.2) is 0 Å². The number of rotatable bonds is 4. The number of hydrogen-bond acceptors (Lipinski definition) is 4. The highest BCUT2D eigenvalue weighted by Crippen LogP contribution is 2.39. The van der Waals surface area contributed by atoms with Gasteiger partial charge >= 0.3 is 0 Å². The summed E-state index contributed by atoms with van der Waals surface area (Å²) in [5, 5.41) is 2.25. The van der Waals surface area contributed by atoms with E-state index in [-0.39, 0.29) is 5.54 Å². The lowest BCUT2D eigenvalue weighted by molar-refractivity contribution is 0.0512. The van der Waals surface area contributed by atoms with E-state index in [1.165, 1.54) is 48.1 Å². The van der Waals surface area contributed by atoms with Gasteiger partial charge in [0.15, 0.2) is 0 Å². The second-order valence-electron chi connectivity index (χ2n) is 6.22. The third kappa shape index (κ3) is 2.59. The van der Waals surface area contributed by atoms with E-state index in [0.717, 1.165) is 13.1 Å². The van der Waals surface area contributed by atoms with Crippen LogP contribution in [-0.2, 0) is 6.54 Å². The average Bonchev–Trinajstić information content (AvgIpc) is 3.03. The molecule has 2 fully saturated rings. The molecule has 2 aliphatic rings. The zero-order valence-corrected chi connectivity index (χ0v) is 14.5. The second kappa shape index (κ2) is 6.05. The number of halogens is 1. The van der Waals surface area contributed by atoms with Gasteiger partial charge < -0.3 is 5.73 Å². The number of nitrogens with zero attached hydrogens (tertiary/aromatic N) is 2. The Labute approximate surface area is 134 Å². The number of fused-ring (bicyclic) bond motifs is 1. The van der Waals surface area contributed by atoms with Crippen LogP contribution in [0.4, 0.5) is 0 Å². The lowest BCUT2D eigenvalue weighted by Crippen LogP contribution is -2.60. The summed E-state index contributed by atoms with van der Waals surface area (Å²) >= 11 is 5.33. The summed E-state index contributed by atoms with van der Waals surface area (Å²) < 4.78 is 1.22. The van der Waals surface area contributed by atoms with E-state index in [2.05, 4.69) is 44.2 Å². The number of nitrogens with two attached hydrogens (primary N) is 1. The molecule has 20 heavy (non-hydrogen) atoms. The molecule has 2 aliphatic heterocycles. The fourth-order valence-electron chi connectivity index (χ4n) is 4.07. The van der Waals surface area contributed by atoms with Crippen molar-refractivity contribution in [1.82, 2.24) is 9.80 Å². The molecule has 0 aromatic carbocycles. The highest BCUT2D eigenvalue weighted by atomic mass is 79.9. The fraction of sp³-hybridized carbons (Fsp3) is 0.733. The quantitative estimate of drug-likeness (QED) is 0.898. The van der Waals surface area contributed by atoms with Crippen LogP contribution in [-0.4, -0.2) is 48.1 Å². The summed E-state index contributed by atoms with van der Waals surface area (Å²) in [6.45, 7) is 4.27. The number of piperidine rings is 1. The molecule has 0 spiro atoms. The molecule has 0 saturated carbocycles. The number of hydrogen-bond donors (Lipinski definition) is 1. The molecular formula is C15H24BrN3S. The lowest BCUT2D eigenvalue weighted by atomic mass is 9.84. The van der Waals surface area contributed by atoms with Crippen molar-refractivity contribution in [3.63, 3.8) is 0 Å². The average molecular weight is 358 g/mol. The highest BCUT2D eigenvalue weighted by molar-refractivity contribution is 9.11. The fourth-order valence-corrected chi connectivity index (χ4v) is 5.27. The first-order valence-corrected chi connectivity index (χ1v) is 9.21. The standard InChI is InChI=1S/C15H24BrN3S/c1-18(9-12-8-14(16)20-10-12)15(11-17)5-7-19-6-3-2-4-13(15)19/h8,10,13H,2-7,9,11,17H2,1H3. The second-order valence-corrected chi connectivity index (χ2v) is 8.51. The van der Waals surface area contributed by atoms with Gasteiger partial charge in [0, 0.05) is 31.2 Å². The van der Waals surface area contributed by atoms with Crippen molar-refractivity contribution in [3.05, 3.63) is 20.8 Å². The van der Waals surface area contributed by atoms with E-state index in [1.807, 2.05) is 0 Å². The first-order chi connectivity index (χ1) is 9.65. The van der Waals surface area contributed by atoms with E-state index in [9.17, 15) is 0 Å². The van der Waals surface area contributed by atoms with Gasteiger partial charge in [-0.2, -0.15) is 0 Å². The third-order valence-corrected chi connectivity index (χ3v) is 6.77. The molecule has 2 unspecified atom stereocenters. The zero-order valence-electron chi connectivity index (χ0n) is 12.1. The van der Waals surface area contributed by atoms with Crippen molar-refractivity contribution >= 4 is 27.3 Å². The van der Waals surface area contributed by atoms with E-state index >= 15 is 0 Å². The van der Waals surface area contributed by atoms with Crippen LogP contribution in [0.5, 0.6) is 0 Å². The number of thiophene rings is 1. The maximum absolute atomic E-state index is 6.26. The molecule has 0 bridgehead atoms. The van der Waals surface area contributed by atoms with Gasteiger partial charge in [0.1, 0.15) is 0 Å². The lowest BCUT2D eigenvalue weighted by Gasteiger charge is -2.46. The van der Waals surface area contributed by atoms with Crippen molar-refractivity contribution < 1.29 is 0 Å². The van der Waals surface area contributed by atoms with E-state index < -0.39 is 0 Å². The summed E-state index contributed by atoms with van der Waals surface area (Å²) in [4.78, 5) is 5.20. The minimum atomic E-state index is 0.175. The summed E-state index contributed by atoms with van der Waals surface area (Å²) in [5.41, 5.74) is 7.83. The van der Waals surface area contributed by atoms with Gasteiger partial charge in [0.25, 0.3) is 0 Å². The topological polar surface area (TPSA) is 32.5 Å². The summed E-state index contributed by atoms with van der Waals surface area (Å²) in [6, 6.07) is 2.90. The van der Waals surface area contributed by atoms with Crippen LogP contribution in [0, 0.1) is 0 Å². The van der Waals surface area contributed by atoms with Crippen LogP contribution in [0.1, 0.15) is 31.2 Å². The van der Waals surface area contributed by atoms with Crippen molar-refractivity contribution in [2.75, 3.05) is 26.7 Å². The smallest absolute Gasteiger partial charge is 0.0701 e.